The fourth-order valence-corrected chi connectivity index (χ4v) is 4.07. The second kappa shape index (κ2) is 5.30. The summed E-state index contributed by atoms with van der Waals surface area (Å²) in [6, 6.07) is -0.0774. The third-order valence-corrected chi connectivity index (χ3v) is 4.98. The van der Waals surface area contributed by atoms with Gasteiger partial charge in [0.25, 0.3) is 0 Å². The Labute approximate surface area is 98.4 Å². The van der Waals surface area contributed by atoms with E-state index in [4.69, 9.17) is 10.5 Å². The zero-order valence-corrected chi connectivity index (χ0v) is 10.4. The fourth-order valence-electron chi connectivity index (χ4n) is 1.66. The number of thioether (sulfide) groups is 1. The molecule has 1 fully saturated rings. The lowest BCUT2D eigenvalue weighted by Crippen LogP contribution is -2.16. The van der Waals surface area contributed by atoms with Crippen LogP contribution in [0, 0.1) is 0 Å². The summed E-state index contributed by atoms with van der Waals surface area (Å²) >= 11 is 3.74. The Morgan fingerprint density at radius 1 is 1.73 bits per heavy atom. The summed E-state index contributed by atoms with van der Waals surface area (Å²) in [5, 5.41) is 3.91. The van der Waals surface area contributed by atoms with Crippen molar-refractivity contribution in [2.24, 2.45) is 5.73 Å². The molecule has 1 aromatic heterocycles. The van der Waals surface area contributed by atoms with Crippen LogP contribution in [0.5, 0.6) is 0 Å². The average molecular weight is 244 g/mol. The van der Waals surface area contributed by atoms with E-state index in [0.29, 0.717) is 11.9 Å². The van der Waals surface area contributed by atoms with Crippen LogP contribution in [0.2, 0.25) is 0 Å². The highest BCUT2D eigenvalue weighted by atomic mass is 32.2. The quantitative estimate of drug-likeness (QED) is 0.883. The van der Waals surface area contributed by atoms with Gasteiger partial charge in [-0.1, -0.05) is 0 Å². The van der Waals surface area contributed by atoms with Crippen molar-refractivity contribution in [3.63, 3.8) is 0 Å². The van der Waals surface area contributed by atoms with Gasteiger partial charge in [0.2, 0.25) is 0 Å². The lowest BCUT2D eigenvalue weighted by Gasteiger charge is -2.07. The number of thiazole rings is 1. The minimum absolute atomic E-state index is 0.0774. The van der Waals surface area contributed by atoms with Gasteiger partial charge in [0, 0.05) is 12.5 Å². The summed E-state index contributed by atoms with van der Waals surface area (Å²) in [6.45, 7) is 0.543. The summed E-state index contributed by atoms with van der Waals surface area (Å²) in [4.78, 5) is 4.60. The summed E-state index contributed by atoms with van der Waals surface area (Å²) in [6.07, 6.45) is 2.57. The summed E-state index contributed by atoms with van der Waals surface area (Å²) < 4.78 is 5.03. The first kappa shape index (κ1) is 11.4. The molecule has 0 aliphatic carbocycles. The van der Waals surface area contributed by atoms with Gasteiger partial charge in [0.1, 0.15) is 5.01 Å². The van der Waals surface area contributed by atoms with Gasteiger partial charge in [0.05, 0.1) is 23.6 Å². The molecule has 2 N–H and O–H groups in total. The molecule has 1 aliphatic heterocycles. The third kappa shape index (κ3) is 2.72. The van der Waals surface area contributed by atoms with Gasteiger partial charge in [-0.25, -0.2) is 4.98 Å². The number of nitrogens with zero attached hydrogens (tertiary/aromatic N) is 1. The molecule has 0 bridgehead atoms. The van der Waals surface area contributed by atoms with Crippen molar-refractivity contribution in [3.8, 4) is 0 Å². The first-order valence-electron chi connectivity index (χ1n) is 5.12. The molecule has 1 saturated heterocycles. The van der Waals surface area contributed by atoms with E-state index >= 15 is 0 Å². The SMILES string of the molecule is COCC(N)c1csc(C2CCCS2)n1. The molecule has 0 spiro atoms. The summed E-state index contributed by atoms with van der Waals surface area (Å²) in [5.41, 5.74) is 6.91. The van der Waals surface area contributed by atoms with Crippen LogP contribution in [0.25, 0.3) is 0 Å². The van der Waals surface area contributed by atoms with E-state index in [0.717, 1.165) is 5.69 Å². The standard InChI is InChI=1S/C10H16N2OS2/c1-13-5-7(11)8-6-15-10(12-8)9-3-2-4-14-9/h6-7,9H,2-5,11H2,1H3. The zero-order chi connectivity index (χ0) is 10.7. The van der Waals surface area contributed by atoms with Gasteiger partial charge >= 0.3 is 0 Å². The van der Waals surface area contributed by atoms with E-state index in [2.05, 4.69) is 10.4 Å². The Morgan fingerprint density at radius 3 is 3.27 bits per heavy atom. The van der Waals surface area contributed by atoms with Crippen LogP contribution in [0.4, 0.5) is 0 Å². The highest BCUT2D eigenvalue weighted by Crippen LogP contribution is 2.41. The summed E-state index contributed by atoms with van der Waals surface area (Å²) in [5.74, 6) is 1.27. The minimum Gasteiger partial charge on any atom is -0.383 e. The molecule has 0 amide bonds. The van der Waals surface area contributed by atoms with Crippen molar-refractivity contribution in [3.05, 3.63) is 16.1 Å². The average Bonchev–Trinajstić information content (AvgIpc) is 2.89. The zero-order valence-electron chi connectivity index (χ0n) is 8.81. The molecule has 2 unspecified atom stereocenters. The topological polar surface area (TPSA) is 48.1 Å². The van der Waals surface area contributed by atoms with E-state index < -0.39 is 0 Å². The molecule has 1 aromatic rings. The molecule has 1 aliphatic rings. The Hall–Kier alpha value is -0.100. The van der Waals surface area contributed by atoms with E-state index in [1.165, 1.54) is 23.6 Å². The highest BCUT2D eigenvalue weighted by molar-refractivity contribution is 7.99. The number of methoxy groups -OCH3 is 1. The first-order chi connectivity index (χ1) is 7.31. The Kier molecular flexibility index (Phi) is 4.02. The van der Waals surface area contributed by atoms with Crippen LogP contribution in [0.1, 0.15) is 34.8 Å². The molecule has 84 valence electrons. The Morgan fingerprint density at radius 2 is 2.60 bits per heavy atom. The normalized spacial score (nSPS) is 23.2. The molecule has 0 saturated carbocycles. The monoisotopic (exact) mass is 244 g/mol. The van der Waals surface area contributed by atoms with Gasteiger partial charge in [-0.15, -0.1) is 11.3 Å². The van der Waals surface area contributed by atoms with Crippen LogP contribution in [-0.4, -0.2) is 24.5 Å². The molecule has 3 nitrogen and oxygen atoms in total. The minimum atomic E-state index is -0.0774. The van der Waals surface area contributed by atoms with E-state index in [1.54, 1.807) is 18.4 Å². The molecular formula is C10H16N2OS2. The number of ether oxygens (including phenoxy) is 1. The maximum Gasteiger partial charge on any atom is 0.106 e. The second-order valence-electron chi connectivity index (χ2n) is 3.67. The molecule has 2 rings (SSSR count). The first-order valence-corrected chi connectivity index (χ1v) is 7.05. The fraction of sp³-hybridized carbons (Fsp3) is 0.700. The Balaban J connectivity index is 2.02. The van der Waals surface area contributed by atoms with Crippen molar-refractivity contribution in [2.75, 3.05) is 19.5 Å². The maximum absolute atomic E-state index is 5.93. The van der Waals surface area contributed by atoms with Crippen LogP contribution in [0.3, 0.4) is 0 Å². The summed E-state index contributed by atoms with van der Waals surface area (Å²) in [7, 11) is 1.67. The highest BCUT2D eigenvalue weighted by Gasteiger charge is 2.21. The second-order valence-corrected chi connectivity index (χ2v) is 5.87. The van der Waals surface area contributed by atoms with E-state index in [1.807, 2.05) is 11.8 Å². The van der Waals surface area contributed by atoms with Crippen molar-refractivity contribution < 1.29 is 4.74 Å². The number of nitrogens with two attached hydrogens (primary N) is 1. The molecule has 0 radical (unpaired) electrons. The number of aromatic nitrogens is 1. The maximum atomic E-state index is 5.93. The predicted octanol–water partition coefficient (Wildman–Crippen LogP) is 2.36. The number of hydrogen-bond donors (Lipinski definition) is 1. The number of rotatable bonds is 4. The van der Waals surface area contributed by atoms with Crippen LogP contribution < -0.4 is 5.73 Å². The lowest BCUT2D eigenvalue weighted by molar-refractivity contribution is 0.180. The smallest absolute Gasteiger partial charge is 0.106 e. The van der Waals surface area contributed by atoms with E-state index in [-0.39, 0.29) is 6.04 Å². The molecule has 0 aromatic carbocycles. The van der Waals surface area contributed by atoms with Crippen molar-refractivity contribution in [1.29, 1.82) is 0 Å². The predicted molar refractivity (Wildman–Crippen MR) is 65.4 cm³/mol. The molecular weight excluding hydrogens is 228 g/mol. The van der Waals surface area contributed by atoms with Crippen molar-refractivity contribution in [1.82, 2.24) is 4.98 Å². The van der Waals surface area contributed by atoms with Crippen molar-refractivity contribution >= 4 is 23.1 Å². The third-order valence-electron chi connectivity index (χ3n) is 2.47. The molecule has 2 heterocycles. The van der Waals surface area contributed by atoms with Gasteiger partial charge in [0.15, 0.2) is 0 Å². The van der Waals surface area contributed by atoms with E-state index in [9.17, 15) is 0 Å². The van der Waals surface area contributed by atoms with Gasteiger partial charge in [-0.3, -0.25) is 0 Å². The molecule has 5 heteroatoms. The largest absolute Gasteiger partial charge is 0.383 e. The molecule has 2 atom stereocenters. The number of hydrogen-bond acceptors (Lipinski definition) is 5. The van der Waals surface area contributed by atoms with Crippen LogP contribution in [-0.2, 0) is 4.74 Å². The van der Waals surface area contributed by atoms with Gasteiger partial charge < -0.3 is 10.5 Å². The van der Waals surface area contributed by atoms with Crippen LogP contribution >= 0.6 is 23.1 Å². The van der Waals surface area contributed by atoms with Crippen LogP contribution in [0.15, 0.2) is 5.38 Å². The van der Waals surface area contributed by atoms with Crippen molar-refractivity contribution in [2.45, 2.75) is 24.1 Å². The molecule has 15 heavy (non-hydrogen) atoms. The Bertz CT molecular complexity index is 310. The van der Waals surface area contributed by atoms with Gasteiger partial charge in [-0.2, -0.15) is 11.8 Å². The lowest BCUT2D eigenvalue weighted by atomic mass is 10.2. The van der Waals surface area contributed by atoms with Gasteiger partial charge in [-0.05, 0) is 18.6 Å².